The molecule has 0 bridgehead atoms. The number of ether oxygens (including phenoxy) is 1. The highest BCUT2D eigenvalue weighted by Crippen LogP contribution is 2.50. The summed E-state index contributed by atoms with van der Waals surface area (Å²) in [4.78, 5) is 11.8. The predicted molar refractivity (Wildman–Crippen MR) is 151 cm³/mol. The van der Waals surface area contributed by atoms with Crippen molar-refractivity contribution in [1.29, 1.82) is 0 Å². The summed E-state index contributed by atoms with van der Waals surface area (Å²) in [6, 6.07) is 35.5. The highest BCUT2D eigenvalue weighted by molar-refractivity contribution is 8.00. The molecule has 0 saturated carbocycles. The highest BCUT2D eigenvalue weighted by Gasteiger charge is 2.23. The van der Waals surface area contributed by atoms with E-state index >= 15 is 0 Å². The molecule has 0 fully saturated rings. The van der Waals surface area contributed by atoms with Gasteiger partial charge in [0.05, 0.1) is 11.4 Å². The van der Waals surface area contributed by atoms with E-state index in [1.165, 1.54) is 31.7 Å². The second-order valence-electron chi connectivity index (χ2n) is 9.18. The van der Waals surface area contributed by atoms with E-state index in [-0.39, 0.29) is 0 Å². The van der Waals surface area contributed by atoms with Crippen LogP contribution in [-0.4, -0.2) is 9.97 Å². The van der Waals surface area contributed by atoms with Gasteiger partial charge >= 0.3 is 0 Å². The van der Waals surface area contributed by atoms with Crippen molar-refractivity contribution < 1.29 is 4.74 Å². The van der Waals surface area contributed by atoms with Crippen LogP contribution in [0, 0.1) is 6.92 Å². The summed E-state index contributed by atoms with van der Waals surface area (Å²) in [6.07, 6.45) is 3.72. The van der Waals surface area contributed by atoms with Gasteiger partial charge < -0.3 is 4.74 Å². The van der Waals surface area contributed by atoms with Crippen molar-refractivity contribution in [2.75, 3.05) is 0 Å². The van der Waals surface area contributed by atoms with Crippen LogP contribution in [0.25, 0.3) is 44.4 Å². The Labute approximate surface area is 219 Å². The van der Waals surface area contributed by atoms with Crippen LogP contribution in [0.4, 0.5) is 0 Å². The number of nitrogens with zero attached hydrogens (tertiary/aromatic N) is 2. The fraction of sp³-hybridized carbons (Fsp3) is 0.0303. The molecule has 4 heteroatoms. The average molecular weight is 495 g/mol. The van der Waals surface area contributed by atoms with E-state index in [1.54, 1.807) is 18.0 Å². The standard InChI is InChI=1S/C33H22N2OS/c1-21-17-24(20-26(18-21)36-25-10-4-9-23(19-25)29-12-2-3-15-34-29)32-33-28(14-16-35-32)27-11-5-7-22-8-6-13-30(37-33)31(22)27/h2-20H,1H3. The van der Waals surface area contributed by atoms with Gasteiger partial charge in [-0.25, -0.2) is 0 Å². The number of aryl methyl sites for hydroxylation is 1. The largest absolute Gasteiger partial charge is 0.457 e. The summed E-state index contributed by atoms with van der Waals surface area (Å²) < 4.78 is 6.37. The third-order valence-electron chi connectivity index (χ3n) is 6.63. The van der Waals surface area contributed by atoms with E-state index in [9.17, 15) is 0 Å². The molecule has 3 heterocycles. The molecular weight excluding hydrogens is 472 g/mol. The van der Waals surface area contributed by atoms with Crippen LogP contribution < -0.4 is 4.74 Å². The van der Waals surface area contributed by atoms with Gasteiger partial charge in [0.15, 0.2) is 0 Å². The molecule has 0 aliphatic carbocycles. The predicted octanol–water partition coefficient (Wildman–Crippen LogP) is 9.20. The maximum atomic E-state index is 6.37. The number of pyridine rings is 2. The zero-order valence-electron chi connectivity index (χ0n) is 20.2. The van der Waals surface area contributed by atoms with Crippen LogP contribution in [-0.2, 0) is 0 Å². The summed E-state index contributed by atoms with van der Waals surface area (Å²) in [5.74, 6) is 1.56. The van der Waals surface area contributed by atoms with Gasteiger partial charge in [0.1, 0.15) is 11.5 Å². The lowest BCUT2D eigenvalue weighted by molar-refractivity contribution is 0.482. The molecule has 1 aliphatic rings. The Morgan fingerprint density at radius 1 is 0.649 bits per heavy atom. The lowest BCUT2D eigenvalue weighted by Gasteiger charge is -2.22. The Bertz CT molecular complexity index is 1790. The molecule has 0 N–H and O–H groups in total. The quantitative estimate of drug-likeness (QED) is 0.244. The topological polar surface area (TPSA) is 35.0 Å². The third-order valence-corrected chi connectivity index (χ3v) is 7.81. The van der Waals surface area contributed by atoms with Gasteiger partial charge in [-0.1, -0.05) is 60.3 Å². The number of hydrogen-bond acceptors (Lipinski definition) is 4. The van der Waals surface area contributed by atoms with Crippen molar-refractivity contribution >= 4 is 22.5 Å². The van der Waals surface area contributed by atoms with E-state index in [0.29, 0.717) is 0 Å². The van der Waals surface area contributed by atoms with Gasteiger partial charge in [-0.3, -0.25) is 9.97 Å². The number of aromatic nitrogens is 2. The molecule has 37 heavy (non-hydrogen) atoms. The Hall–Kier alpha value is -4.41. The fourth-order valence-corrected chi connectivity index (χ4v) is 6.28. The lowest BCUT2D eigenvalue weighted by atomic mass is 9.96. The van der Waals surface area contributed by atoms with Gasteiger partial charge in [-0.05, 0) is 83.6 Å². The van der Waals surface area contributed by atoms with Gasteiger partial charge in [0.25, 0.3) is 0 Å². The smallest absolute Gasteiger partial charge is 0.128 e. The number of rotatable bonds is 4. The van der Waals surface area contributed by atoms with E-state index in [4.69, 9.17) is 9.72 Å². The fourth-order valence-electron chi connectivity index (χ4n) is 5.03. The van der Waals surface area contributed by atoms with Gasteiger partial charge in [0, 0.05) is 38.7 Å². The molecule has 0 amide bonds. The minimum atomic E-state index is 0.776. The molecule has 0 radical (unpaired) electrons. The van der Waals surface area contributed by atoms with E-state index in [2.05, 4.69) is 72.6 Å². The van der Waals surface area contributed by atoms with E-state index in [0.717, 1.165) is 39.6 Å². The van der Waals surface area contributed by atoms with Crippen molar-refractivity contribution in [1.82, 2.24) is 9.97 Å². The van der Waals surface area contributed by atoms with Crippen LogP contribution >= 0.6 is 11.8 Å². The van der Waals surface area contributed by atoms with Crippen LogP contribution in [0.3, 0.4) is 0 Å². The van der Waals surface area contributed by atoms with Crippen molar-refractivity contribution in [3.05, 3.63) is 121 Å². The zero-order chi connectivity index (χ0) is 24.8. The molecule has 1 aliphatic heterocycles. The van der Waals surface area contributed by atoms with Crippen LogP contribution in [0.5, 0.6) is 11.5 Å². The summed E-state index contributed by atoms with van der Waals surface area (Å²) in [5.41, 5.74) is 7.58. The second-order valence-corrected chi connectivity index (χ2v) is 10.2. The summed E-state index contributed by atoms with van der Waals surface area (Å²) in [5, 5.41) is 2.59. The molecule has 0 saturated heterocycles. The molecule has 0 unspecified atom stereocenters. The van der Waals surface area contributed by atoms with Gasteiger partial charge in [-0.15, -0.1) is 0 Å². The van der Waals surface area contributed by atoms with Crippen LogP contribution in [0.2, 0.25) is 0 Å². The van der Waals surface area contributed by atoms with E-state index < -0.39 is 0 Å². The zero-order valence-corrected chi connectivity index (χ0v) is 21.0. The van der Waals surface area contributed by atoms with Gasteiger partial charge in [0.2, 0.25) is 0 Å². The number of hydrogen-bond donors (Lipinski definition) is 0. The first-order chi connectivity index (χ1) is 18.2. The number of benzene rings is 4. The van der Waals surface area contributed by atoms with Gasteiger partial charge in [-0.2, -0.15) is 0 Å². The van der Waals surface area contributed by atoms with Crippen molar-refractivity contribution in [2.45, 2.75) is 16.7 Å². The first-order valence-corrected chi connectivity index (χ1v) is 13.0. The average Bonchev–Trinajstić information content (AvgIpc) is 2.93. The highest BCUT2D eigenvalue weighted by atomic mass is 32.2. The normalized spacial score (nSPS) is 11.8. The molecule has 0 spiro atoms. The summed E-state index contributed by atoms with van der Waals surface area (Å²) in [6.45, 7) is 2.10. The Morgan fingerprint density at radius 3 is 2.41 bits per heavy atom. The minimum Gasteiger partial charge on any atom is -0.457 e. The van der Waals surface area contributed by atoms with Crippen molar-refractivity contribution in [3.8, 4) is 45.1 Å². The maximum Gasteiger partial charge on any atom is 0.128 e. The summed E-state index contributed by atoms with van der Waals surface area (Å²) >= 11 is 1.80. The number of fused-ring (bicyclic) bond motifs is 2. The first kappa shape index (κ1) is 21.8. The van der Waals surface area contributed by atoms with Crippen LogP contribution in [0.15, 0.2) is 125 Å². The molecule has 2 aromatic heterocycles. The molecular formula is C33H22N2OS. The first-order valence-electron chi connectivity index (χ1n) is 12.2. The minimum absolute atomic E-state index is 0.776. The Balaban J connectivity index is 1.29. The molecule has 0 atom stereocenters. The molecule has 6 aromatic rings. The Kier molecular flexibility index (Phi) is 5.26. The summed E-state index contributed by atoms with van der Waals surface area (Å²) in [7, 11) is 0. The molecule has 7 rings (SSSR count). The molecule has 176 valence electrons. The van der Waals surface area contributed by atoms with Crippen molar-refractivity contribution in [2.24, 2.45) is 0 Å². The van der Waals surface area contributed by atoms with Crippen molar-refractivity contribution in [3.63, 3.8) is 0 Å². The third kappa shape index (κ3) is 3.96. The maximum absolute atomic E-state index is 6.37. The van der Waals surface area contributed by atoms with E-state index in [1.807, 2.05) is 48.7 Å². The Morgan fingerprint density at radius 2 is 1.51 bits per heavy atom. The monoisotopic (exact) mass is 494 g/mol. The molecule has 3 nitrogen and oxygen atoms in total. The molecule has 4 aromatic carbocycles. The second kappa shape index (κ2) is 8.91. The SMILES string of the molecule is Cc1cc(Oc2cccc(-c3ccccn3)c2)cc(-c2nccc3c2Sc2cccc4cccc-3c24)c1. The lowest BCUT2D eigenvalue weighted by Crippen LogP contribution is -1.97. The van der Waals surface area contributed by atoms with Crippen LogP contribution in [0.1, 0.15) is 5.56 Å².